The second-order valence-electron chi connectivity index (χ2n) is 7.76. The van der Waals surface area contributed by atoms with E-state index in [0.29, 0.717) is 6.54 Å². The van der Waals surface area contributed by atoms with Gasteiger partial charge in [0, 0.05) is 46.9 Å². The topological polar surface area (TPSA) is 77.2 Å². The average Bonchev–Trinajstić information content (AvgIpc) is 3.34. The van der Waals surface area contributed by atoms with E-state index in [0.717, 1.165) is 58.0 Å². The number of likely N-dealkylation sites (tertiary alicyclic amines) is 1. The lowest BCUT2D eigenvalue weighted by Gasteiger charge is -2.15. The summed E-state index contributed by atoms with van der Waals surface area (Å²) in [7, 11) is 0. The number of hydrogen-bond donors (Lipinski definition) is 3. The maximum atomic E-state index is 12.4. The monoisotopic (exact) mass is 376 g/mol. The highest BCUT2D eigenvalue weighted by Gasteiger charge is 2.22. The zero-order chi connectivity index (χ0) is 19.1. The number of nitrogens with one attached hydrogen (secondary N) is 3. The molecule has 0 bridgehead atoms. The summed E-state index contributed by atoms with van der Waals surface area (Å²) in [6.45, 7) is 4.47. The minimum atomic E-state index is -0.0591. The highest BCUT2D eigenvalue weighted by Crippen LogP contribution is 2.39. The Morgan fingerprint density at radius 3 is 2.82 bits per heavy atom. The number of amides is 1. The van der Waals surface area contributed by atoms with Crippen molar-refractivity contribution in [3.05, 3.63) is 51.8 Å². The van der Waals surface area contributed by atoms with Crippen LogP contribution >= 0.6 is 0 Å². The molecule has 0 saturated carbocycles. The Morgan fingerprint density at radius 2 is 1.96 bits per heavy atom. The lowest BCUT2D eigenvalue weighted by atomic mass is 10.1. The molecule has 1 aliphatic carbocycles. The van der Waals surface area contributed by atoms with E-state index in [4.69, 9.17) is 0 Å². The maximum absolute atomic E-state index is 12.4. The average molecular weight is 376 g/mol. The van der Waals surface area contributed by atoms with Crippen LogP contribution < -0.4 is 16.2 Å². The van der Waals surface area contributed by atoms with Gasteiger partial charge in [0.25, 0.3) is 5.56 Å². The second kappa shape index (κ2) is 7.04. The highest BCUT2D eigenvalue weighted by atomic mass is 16.2. The number of benzene rings is 2. The Labute approximate surface area is 162 Å². The van der Waals surface area contributed by atoms with Crippen LogP contribution in [0.5, 0.6) is 0 Å². The Morgan fingerprint density at radius 1 is 1.11 bits per heavy atom. The zero-order valence-electron chi connectivity index (χ0n) is 15.8. The van der Waals surface area contributed by atoms with Crippen LogP contribution in [0.2, 0.25) is 0 Å². The summed E-state index contributed by atoms with van der Waals surface area (Å²) in [4.78, 5) is 30.2. The minimum Gasteiger partial charge on any atom is -0.325 e. The zero-order valence-corrected chi connectivity index (χ0v) is 15.8. The summed E-state index contributed by atoms with van der Waals surface area (Å²) in [5, 5.41) is 9.11. The summed E-state index contributed by atoms with van der Waals surface area (Å²) < 4.78 is 0. The standard InChI is InChI=1S/C22H24N4O2/c27-19(13-23-8-11-26-9-1-2-10-26)24-17-6-7-18-21-16(17)12-14-4-3-5-15(20(14)21)22(28)25-18/h3-7,23H,1-2,8-13H2,(H,24,27)(H,25,28). The number of aromatic amines is 1. The van der Waals surface area contributed by atoms with Crippen LogP contribution in [0.1, 0.15) is 24.0 Å². The van der Waals surface area contributed by atoms with E-state index in [-0.39, 0.29) is 11.5 Å². The van der Waals surface area contributed by atoms with Gasteiger partial charge in [-0.1, -0.05) is 12.1 Å². The summed E-state index contributed by atoms with van der Waals surface area (Å²) in [6.07, 6.45) is 3.30. The Bertz CT molecular complexity index is 1130. The fourth-order valence-electron chi connectivity index (χ4n) is 4.59. The maximum Gasteiger partial charge on any atom is 0.256 e. The number of pyridine rings is 1. The van der Waals surface area contributed by atoms with Gasteiger partial charge < -0.3 is 20.5 Å². The molecule has 0 radical (unpaired) electrons. The number of carbonyl (C=O) groups is 1. The SMILES string of the molecule is O=C(CNCCN1CCCC1)Nc1ccc2[nH]c(=O)c3cccc4c3c2c1C4. The van der Waals surface area contributed by atoms with Crippen molar-refractivity contribution in [3.63, 3.8) is 0 Å². The Balaban J connectivity index is 1.32. The van der Waals surface area contributed by atoms with E-state index in [1.807, 2.05) is 24.3 Å². The molecule has 3 aromatic rings. The molecule has 1 saturated heterocycles. The third kappa shape index (κ3) is 2.99. The van der Waals surface area contributed by atoms with E-state index in [1.165, 1.54) is 25.9 Å². The normalized spacial score (nSPS) is 15.9. The van der Waals surface area contributed by atoms with E-state index >= 15 is 0 Å². The number of anilines is 1. The Hall–Kier alpha value is -2.70. The van der Waals surface area contributed by atoms with E-state index in [1.54, 1.807) is 0 Å². The summed E-state index contributed by atoms with van der Waals surface area (Å²) in [5.74, 6) is -0.0337. The van der Waals surface area contributed by atoms with E-state index < -0.39 is 0 Å². The first kappa shape index (κ1) is 17.4. The fourth-order valence-corrected chi connectivity index (χ4v) is 4.59. The lowest BCUT2D eigenvalue weighted by Crippen LogP contribution is -2.34. The summed E-state index contributed by atoms with van der Waals surface area (Å²) in [6, 6.07) is 9.63. The summed E-state index contributed by atoms with van der Waals surface area (Å²) >= 11 is 0. The van der Waals surface area contributed by atoms with E-state index in [9.17, 15) is 9.59 Å². The van der Waals surface area contributed by atoms with Crippen molar-refractivity contribution >= 4 is 33.3 Å². The molecule has 1 aromatic heterocycles. The molecule has 1 amide bonds. The van der Waals surface area contributed by atoms with Crippen LogP contribution in [0.15, 0.2) is 35.1 Å². The molecule has 6 nitrogen and oxygen atoms in total. The third-order valence-corrected chi connectivity index (χ3v) is 5.94. The van der Waals surface area contributed by atoms with Gasteiger partial charge in [-0.15, -0.1) is 0 Å². The van der Waals surface area contributed by atoms with Crippen molar-refractivity contribution in [1.29, 1.82) is 0 Å². The molecule has 5 rings (SSSR count). The van der Waals surface area contributed by atoms with Gasteiger partial charge in [0.15, 0.2) is 0 Å². The molecule has 0 spiro atoms. The van der Waals surface area contributed by atoms with Crippen molar-refractivity contribution in [1.82, 2.24) is 15.2 Å². The first-order valence-corrected chi connectivity index (χ1v) is 10.0. The highest BCUT2D eigenvalue weighted by molar-refractivity contribution is 6.14. The van der Waals surface area contributed by atoms with Gasteiger partial charge in [0.1, 0.15) is 0 Å². The van der Waals surface area contributed by atoms with Crippen LogP contribution in [0.3, 0.4) is 0 Å². The number of carbonyl (C=O) groups excluding carboxylic acids is 1. The molecule has 28 heavy (non-hydrogen) atoms. The van der Waals surface area contributed by atoms with E-state index in [2.05, 4.69) is 26.6 Å². The van der Waals surface area contributed by atoms with Gasteiger partial charge in [-0.05, 0) is 55.3 Å². The predicted molar refractivity (Wildman–Crippen MR) is 112 cm³/mol. The van der Waals surface area contributed by atoms with Crippen LogP contribution in [0.25, 0.3) is 21.7 Å². The molecule has 2 aromatic carbocycles. The van der Waals surface area contributed by atoms with Gasteiger partial charge in [-0.3, -0.25) is 9.59 Å². The molecule has 3 N–H and O–H groups in total. The quantitative estimate of drug-likeness (QED) is 0.356. The van der Waals surface area contributed by atoms with Crippen molar-refractivity contribution in [2.45, 2.75) is 19.3 Å². The predicted octanol–water partition coefficient (Wildman–Crippen LogP) is 2.21. The molecule has 144 valence electrons. The number of nitrogens with zero attached hydrogens (tertiary/aromatic N) is 1. The molecule has 1 fully saturated rings. The Kier molecular flexibility index (Phi) is 4.37. The fraction of sp³-hybridized carbons (Fsp3) is 0.364. The molecular formula is C22H24N4O2. The first-order valence-electron chi connectivity index (χ1n) is 10.0. The molecule has 0 unspecified atom stereocenters. The number of H-pyrrole nitrogens is 1. The van der Waals surface area contributed by atoms with Gasteiger partial charge in [0.05, 0.1) is 6.54 Å². The van der Waals surface area contributed by atoms with Gasteiger partial charge in [-0.25, -0.2) is 0 Å². The molecule has 6 heteroatoms. The van der Waals surface area contributed by atoms with Gasteiger partial charge in [-0.2, -0.15) is 0 Å². The molecule has 2 aliphatic rings. The smallest absolute Gasteiger partial charge is 0.256 e. The number of aromatic nitrogens is 1. The van der Waals surface area contributed by atoms with Crippen LogP contribution in [-0.4, -0.2) is 48.5 Å². The van der Waals surface area contributed by atoms with Crippen molar-refractivity contribution < 1.29 is 4.79 Å². The number of hydrogen-bond acceptors (Lipinski definition) is 4. The molecular weight excluding hydrogens is 352 g/mol. The molecule has 0 atom stereocenters. The lowest BCUT2D eigenvalue weighted by molar-refractivity contribution is -0.115. The van der Waals surface area contributed by atoms with Crippen molar-refractivity contribution in [2.24, 2.45) is 0 Å². The largest absolute Gasteiger partial charge is 0.325 e. The summed E-state index contributed by atoms with van der Waals surface area (Å²) in [5.41, 5.74) is 3.85. The van der Waals surface area contributed by atoms with Crippen LogP contribution in [0, 0.1) is 0 Å². The first-order chi connectivity index (χ1) is 13.7. The third-order valence-electron chi connectivity index (χ3n) is 5.94. The van der Waals surface area contributed by atoms with Crippen LogP contribution in [0.4, 0.5) is 5.69 Å². The van der Waals surface area contributed by atoms with Gasteiger partial charge >= 0.3 is 0 Å². The van der Waals surface area contributed by atoms with Crippen molar-refractivity contribution in [3.8, 4) is 0 Å². The number of rotatable bonds is 6. The second-order valence-corrected chi connectivity index (χ2v) is 7.76. The minimum absolute atomic E-state index is 0.0337. The molecule has 1 aliphatic heterocycles. The van der Waals surface area contributed by atoms with Crippen LogP contribution in [-0.2, 0) is 11.2 Å². The molecule has 2 heterocycles. The van der Waals surface area contributed by atoms with Gasteiger partial charge in [0.2, 0.25) is 5.91 Å². The van der Waals surface area contributed by atoms with Crippen molar-refractivity contribution in [2.75, 3.05) is 38.0 Å².